The molecule has 0 aliphatic carbocycles. The van der Waals surface area contributed by atoms with Crippen molar-refractivity contribution in [2.75, 3.05) is 78.9 Å². The van der Waals surface area contributed by atoms with Gasteiger partial charge in [0.2, 0.25) is 0 Å². The molecule has 0 amide bonds. The standard InChI is InChI=1S/C38H40N6O4/c1-7-31(47-23-17-43-13-19-45-20-14-43)8-2-27(1)37-39-33-11-5-29(25-35(33)41-37)30-6-12-34-36(26-30)42-38(40-34)28-3-9-32(10-4-28)48-24-18-44-15-21-46-22-16-44/h1-12,25-26H,13-24H2,(H,39,41)(H,40,42). The van der Waals surface area contributed by atoms with Crippen molar-refractivity contribution in [3.8, 4) is 45.4 Å². The number of benzene rings is 4. The molecule has 0 atom stereocenters. The lowest BCUT2D eigenvalue weighted by Gasteiger charge is -2.26. The van der Waals surface area contributed by atoms with E-state index in [4.69, 9.17) is 28.9 Å². The molecule has 0 bridgehead atoms. The van der Waals surface area contributed by atoms with Crippen molar-refractivity contribution in [1.29, 1.82) is 0 Å². The summed E-state index contributed by atoms with van der Waals surface area (Å²) in [5, 5.41) is 0. The lowest BCUT2D eigenvalue weighted by molar-refractivity contribution is 0.0321. The minimum Gasteiger partial charge on any atom is -0.492 e. The van der Waals surface area contributed by atoms with Crippen LogP contribution in [-0.4, -0.2) is 109 Å². The molecular weight excluding hydrogens is 604 g/mol. The molecular formula is C38H40N6O4. The Morgan fingerprint density at radius 1 is 0.521 bits per heavy atom. The van der Waals surface area contributed by atoms with E-state index in [1.807, 2.05) is 24.3 Å². The topological polar surface area (TPSA) is 101 Å². The SMILES string of the molecule is c1cc(-c2nc3cc(-c4ccc5[nH]c(-c6ccc(OCCN7CCOCC7)cc6)nc5c4)ccc3[nH]2)ccc1OCCN1CCOCC1. The fourth-order valence-electron chi connectivity index (χ4n) is 6.30. The van der Waals surface area contributed by atoms with Crippen LogP contribution < -0.4 is 9.47 Å². The van der Waals surface area contributed by atoms with Gasteiger partial charge in [0.25, 0.3) is 0 Å². The minimum absolute atomic E-state index is 0.664. The molecule has 10 nitrogen and oxygen atoms in total. The van der Waals surface area contributed by atoms with Gasteiger partial charge >= 0.3 is 0 Å². The molecule has 0 radical (unpaired) electrons. The largest absolute Gasteiger partial charge is 0.492 e. The van der Waals surface area contributed by atoms with Crippen molar-refractivity contribution < 1.29 is 18.9 Å². The second-order valence-corrected chi connectivity index (χ2v) is 12.3. The summed E-state index contributed by atoms with van der Waals surface area (Å²) in [4.78, 5) is 21.5. The Bertz CT molecular complexity index is 1810. The predicted octanol–water partition coefficient (Wildman–Crippen LogP) is 5.86. The number of ether oxygens (including phenoxy) is 4. The van der Waals surface area contributed by atoms with Gasteiger partial charge in [-0.05, 0) is 83.9 Å². The first-order valence-corrected chi connectivity index (χ1v) is 16.8. The highest BCUT2D eigenvalue weighted by atomic mass is 16.5. The highest BCUT2D eigenvalue weighted by molar-refractivity contribution is 5.88. The lowest BCUT2D eigenvalue weighted by Crippen LogP contribution is -2.38. The highest BCUT2D eigenvalue weighted by Gasteiger charge is 2.13. The summed E-state index contributed by atoms with van der Waals surface area (Å²) in [7, 11) is 0. The molecule has 8 rings (SSSR count). The quantitative estimate of drug-likeness (QED) is 0.181. The molecule has 246 valence electrons. The summed E-state index contributed by atoms with van der Waals surface area (Å²) < 4.78 is 22.8. The highest BCUT2D eigenvalue weighted by Crippen LogP contribution is 2.30. The van der Waals surface area contributed by atoms with Crippen LogP contribution in [0.1, 0.15) is 0 Å². The Morgan fingerprint density at radius 2 is 0.917 bits per heavy atom. The van der Waals surface area contributed by atoms with E-state index >= 15 is 0 Å². The zero-order valence-electron chi connectivity index (χ0n) is 27.0. The summed E-state index contributed by atoms with van der Waals surface area (Å²) >= 11 is 0. The van der Waals surface area contributed by atoms with E-state index in [9.17, 15) is 0 Å². The second-order valence-electron chi connectivity index (χ2n) is 12.3. The van der Waals surface area contributed by atoms with Gasteiger partial charge in [0.05, 0.1) is 48.5 Å². The molecule has 2 saturated heterocycles. The minimum atomic E-state index is 0.664. The summed E-state index contributed by atoms with van der Waals surface area (Å²) in [6.07, 6.45) is 0. The summed E-state index contributed by atoms with van der Waals surface area (Å²) in [5.74, 6) is 3.40. The van der Waals surface area contributed by atoms with Crippen LogP contribution in [0.4, 0.5) is 0 Å². The lowest BCUT2D eigenvalue weighted by atomic mass is 10.0. The number of H-pyrrole nitrogens is 2. The average molecular weight is 645 g/mol. The van der Waals surface area contributed by atoms with E-state index in [1.165, 1.54) is 0 Å². The zero-order chi connectivity index (χ0) is 32.1. The molecule has 2 fully saturated rings. The maximum atomic E-state index is 5.99. The first-order valence-electron chi connectivity index (χ1n) is 16.8. The van der Waals surface area contributed by atoms with Crippen LogP contribution in [-0.2, 0) is 9.47 Å². The number of hydrogen-bond acceptors (Lipinski definition) is 8. The average Bonchev–Trinajstić information content (AvgIpc) is 3.77. The Labute approximate surface area is 279 Å². The second kappa shape index (κ2) is 14.2. The molecule has 6 aromatic rings. The van der Waals surface area contributed by atoms with Crippen molar-refractivity contribution >= 4 is 22.1 Å². The van der Waals surface area contributed by atoms with Gasteiger partial charge < -0.3 is 28.9 Å². The van der Waals surface area contributed by atoms with Gasteiger partial charge in [0.1, 0.15) is 36.4 Å². The van der Waals surface area contributed by atoms with E-state index < -0.39 is 0 Å². The number of aromatic amines is 2. The molecule has 0 saturated carbocycles. The van der Waals surface area contributed by atoms with Crippen molar-refractivity contribution in [1.82, 2.24) is 29.7 Å². The molecule has 0 unspecified atom stereocenters. The third kappa shape index (κ3) is 7.07. The molecule has 2 aromatic heterocycles. The van der Waals surface area contributed by atoms with Gasteiger partial charge in [0.15, 0.2) is 0 Å². The maximum Gasteiger partial charge on any atom is 0.138 e. The Hall–Kier alpha value is -4.74. The van der Waals surface area contributed by atoms with Gasteiger partial charge in [-0.1, -0.05) is 12.1 Å². The van der Waals surface area contributed by atoms with Gasteiger partial charge in [0, 0.05) is 50.4 Å². The zero-order valence-corrected chi connectivity index (χ0v) is 27.0. The molecule has 48 heavy (non-hydrogen) atoms. The molecule has 4 aromatic carbocycles. The van der Waals surface area contributed by atoms with Crippen LogP contribution in [0.25, 0.3) is 56.0 Å². The predicted molar refractivity (Wildman–Crippen MR) is 188 cm³/mol. The Kier molecular flexibility index (Phi) is 9.03. The van der Waals surface area contributed by atoms with E-state index in [-0.39, 0.29) is 0 Å². The van der Waals surface area contributed by atoms with E-state index in [0.717, 1.165) is 133 Å². The number of aromatic nitrogens is 4. The first-order chi connectivity index (χ1) is 23.7. The van der Waals surface area contributed by atoms with Crippen LogP contribution in [0.5, 0.6) is 11.5 Å². The number of fused-ring (bicyclic) bond motifs is 2. The van der Waals surface area contributed by atoms with Crippen molar-refractivity contribution in [3.63, 3.8) is 0 Å². The number of nitrogens with zero attached hydrogens (tertiary/aromatic N) is 4. The molecule has 2 aliphatic rings. The summed E-state index contributed by atoms with van der Waals surface area (Å²) in [6.45, 7) is 10.2. The molecule has 2 aliphatic heterocycles. The van der Waals surface area contributed by atoms with E-state index in [0.29, 0.717) is 13.2 Å². The van der Waals surface area contributed by atoms with Crippen molar-refractivity contribution in [3.05, 3.63) is 84.9 Å². The number of rotatable bonds is 11. The van der Waals surface area contributed by atoms with Gasteiger partial charge in [-0.3, -0.25) is 9.80 Å². The van der Waals surface area contributed by atoms with Crippen molar-refractivity contribution in [2.45, 2.75) is 0 Å². The summed E-state index contributed by atoms with van der Waals surface area (Å²) in [5.41, 5.74) is 8.06. The summed E-state index contributed by atoms with van der Waals surface area (Å²) in [6, 6.07) is 29.0. The van der Waals surface area contributed by atoms with Crippen LogP contribution in [0.3, 0.4) is 0 Å². The van der Waals surface area contributed by atoms with Gasteiger partial charge in [-0.15, -0.1) is 0 Å². The number of imidazole rings is 2. The molecule has 10 heteroatoms. The third-order valence-corrected chi connectivity index (χ3v) is 9.11. The van der Waals surface area contributed by atoms with Crippen LogP contribution in [0, 0.1) is 0 Å². The number of hydrogen-bond donors (Lipinski definition) is 2. The number of nitrogens with one attached hydrogen (secondary N) is 2. The molecule has 2 N–H and O–H groups in total. The normalized spacial score (nSPS) is 16.1. The Morgan fingerprint density at radius 3 is 1.33 bits per heavy atom. The van der Waals surface area contributed by atoms with Gasteiger partial charge in [-0.25, -0.2) is 9.97 Å². The first kappa shape index (κ1) is 30.6. The fourth-order valence-corrected chi connectivity index (χ4v) is 6.30. The van der Waals surface area contributed by atoms with Crippen LogP contribution >= 0.6 is 0 Å². The van der Waals surface area contributed by atoms with E-state index in [2.05, 4.69) is 80.4 Å². The molecule has 4 heterocycles. The smallest absolute Gasteiger partial charge is 0.138 e. The van der Waals surface area contributed by atoms with Gasteiger partial charge in [-0.2, -0.15) is 0 Å². The fraction of sp³-hybridized carbons (Fsp3) is 0.316. The third-order valence-electron chi connectivity index (χ3n) is 9.11. The monoisotopic (exact) mass is 644 g/mol. The van der Waals surface area contributed by atoms with Crippen LogP contribution in [0.2, 0.25) is 0 Å². The maximum absolute atomic E-state index is 5.99. The molecule has 0 spiro atoms. The van der Waals surface area contributed by atoms with E-state index in [1.54, 1.807) is 0 Å². The number of morpholine rings is 2. The van der Waals surface area contributed by atoms with Crippen LogP contribution in [0.15, 0.2) is 84.9 Å². The Balaban J connectivity index is 0.913. The van der Waals surface area contributed by atoms with Crippen molar-refractivity contribution in [2.24, 2.45) is 0 Å².